The third-order valence-electron chi connectivity index (χ3n) is 5.52. The van der Waals surface area contributed by atoms with Gasteiger partial charge in [0.15, 0.2) is 11.5 Å². The van der Waals surface area contributed by atoms with Gasteiger partial charge in [0.25, 0.3) is 5.91 Å². The van der Waals surface area contributed by atoms with Crippen LogP contribution in [0.5, 0.6) is 23.0 Å². The van der Waals surface area contributed by atoms with E-state index in [0.29, 0.717) is 17.2 Å². The SMILES string of the molecule is COc1ccc(NC2=C[C@@H](c3ccc(OC)c(OC)c3)N(c3ccc(OC)cc3)C2=O)cc1. The number of nitrogens with one attached hydrogen (secondary N) is 1. The van der Waals surface area contributed by atoms with Gasteiger partial charge in [-0.2, -0.15) is 0 Å². The molecule has 1 aliphatic rings. The number of anilines is 2. The van der Waals surface area contributed by atoms with E-state index in [1.807, 2.05) is 72.8 Å². The first-order valence-electron chi connectivity index (χ1n) is 10.4. The van der Waals surface area contributed by atoms with E-state index in [0.717, 1.165) is 28.4 Å². The fraction of sp³-hybridized carbons (Fsp3) is 0.192. The molecule has 3 aromatic carbocycles. The predicted molar refractivity (Wildman–Crippen MR) is 127 cm³/mol. The number of hydrogen-bond acceptors (Lipinski definition) is 6. The summed E-state index contributed by atoms with van der Waals surface area (Å²) >= 11 is 0. The number of benzene rings is 3. The maximum atomic E-state index is 13.5. The Kier molecular flexibility index (Phi) is 6.40. The molecule has 7 nitrogen and oxygen atoms in total. The molecule has 7 heteroatoms. The molecule has 1 aliphatic heterocycles. The maximum absolute atomic E-state index is 13.5. The van der Waals surface area contributed by atoms with Gasteiger partial charge in [0.05, 0.1) is 34.5 Å². The number of ether oxygens (including phenoxy) is 4. The van der Waals surface area contributed by atoms with Gasteiger partial charge in [-0.1, -0.05) is 6.07 Å². The molecule has 0 aromatic heterocycles. The average Bonchev–Trinajstić information content (AvgIpc) is 3.19. The van der Waals surface area contributed by atoms with E-state index in [1.165, 1.54) is 0 Å². The molecular weight excluding hydrogens is 420 g/mol. The number of hydrogen-bond donors (Lipinski definition) is 1. The zero-order chi connectivity index (χ0) is 23.4. The fourth-order valence-electron chi connectivity index (χ4n) is 3.79. The van der Waals surface area contributed by atoms with Gasteiger partial charge in [0.2, 0.25) is 0 Å². The molecule has 4 rings (SSSR count). The normalized spacial score (nSPS) is 15.2. The Bertz CT molecular complexity index is 1160. The first kappa shape index (κ1) is 22.1. The van der Waals surface area contributed by atoms with Gasteiger partial charge in [-0.15, -0.1) is 0 Å². The van der Waals surface area contributed by atoms with Crippen molar-refractivity contribution >= 4 is 17.3 Å². The first-order chi connectivity index (χ1) is 16.1. The molecule has 1 atom stereocenters. The van der Waals surface area contributed by atoms with Gasteiger partial charge in [-0.05, 0) is 72.3 Å². The van der Waals surface area contributed by atoms with Gasteiger partial charge in [0, 0.05) is 11.4 Å². The second kappa shape index (κ2) is 9.56. The van der Waals surface area contributed by atoms with Crippen molar-refractivity contribution in [2.45, 2.75) is 6.04 Å². The summed E-state index contributed by atoms with van der Waals surface area (Å²) in [5.41, 5.74) is 2.92. The van der Waals surface area contributed by atoms with Crippen LogP contribution in [0.25, 0.3) is 0 Å². The molecule has 3 aromatic rings. The summed E-state index contributed by atoms with van der Waals surface area (Å²) in [5, 5.41) is 3.25. The van der Waals surface area contributed by atoms with Gasteiger partial charge >= 0.3 is 0 Å². The molecule has 0 aliphatic carbocycles. The lowest BCUT2D eigenvalue weighted by Crippen LogP contribution is -2.30. The number of rotatable bonds is 8. The van der Waals surface area contributed by atoms with Gasteiger partial charge in [0.1, 0.15) is 17.2 Å². The van der Waals surface area contributed by atoms with Gasteiger partial charge in [-0.3, -0.25) is 9.69 Å². The lowest BCUT2D eigenvalue weighted by molar-refractivity contribution is -0.114. The molecule has 0 spiro atoms. The summed E-state index contributed by atoms with van der Waals surface area (Å²) in [6, 6.07) is 20.2. The summed E-state index contributed by atoms with van der Waals surface area (Å²) < 4.78 is 21.4. The van der Waals surface area contributed by atoms with Crippen molar-refractivity contribution in [3.63, 3.8) is 0 Å². The zero-order valence-electron chi connectivity index (χ0n) is 19.0. The molecule has 1 amide bonds. The van der Waals surface area contributed by atoms with Gasteiger partial charge in [-0.25, -0.2) is 0 Å². The van der Waals surface area contributed by atoms with Crippen molar-refractivity contribution in [3.05, 3.63) is 84.1 Å². The highest BCUT2D eigenvalue weighted by Crippen LogP contribution is 2.39. The summed E-state index contributed by atoms with van der Waals surface area (Å²) in [5.74, 6) is 2.55. The smallest absolute Gasteiger partial charge is 0.275 e. The van der Waals surface area contributed by atoms with Crippen molar-refractivity contribution in [2.24, 2.45) is 0 Å². The molecule has 0 fully saturated rings. The van der Waals surface area contributed by atoms with Crippen molar-refractivity contribution in [1.29, 1.82) is 0 Å². The molecule has 0 saturated heterocycles. The minimum Gasteiger partial charge on any atom is -0.497 e. The van der Waals surface area contributed by atoms with E-state index in [1.54, 1.807) is 33.3 Å². The first-order valence-corrected chi connectivity index (χ1v) is 10.4. The van der Waals surface area contributed by atoms with Gasteiger partial charge < -0.3 is 24.3 Å². The van der Waals surface area contributed by atoms with E-state index in [9.17, 15) is 4.79 Å². The van der Waals surface area contributed by atoms with Crippen LogP contribution in [0.15, 0.2) is 78.5 Å². The highest BCUT2D eigenvalue weighted by atomic mass is 16.5. The Morgan fingerprint density at radius 3 is 1.91 bits per heavy atom. The molecular formula is C26H26N2O5. The Hall–Kier alpha value is -4.13. The molecule has 1 heterocycles. The van der Waals surface area contributed by atoms with Crippen molar-refractivity contribution in [2.75, 3.05) is 38.7 Å². The standard InChI is InChI=1S/C26H26N2O5/c1-30-20-10-6-18(7-11-20)27-22-16-23(17-5-14-24(32-3)25(15-17)33-4)28(26(22)29)19-8-12-21(31-2)13-9-19/h5-16,23,27H,1-4H3/t23-/m0/s1. The van der Waals surface area contributed by atoms with Crippen molar-refractivity contribution < 1.29 is 23.7 Å². The van der Waals surface area contributed by atoms with Crippen LogP contribution in [0.4, 0.5) is 11.4 Å². The monoisotopic (exact) mass is 446 g/mol. The van der Waals surface area contributed by atoms with E-state index >= 15 is 0 Å². The zero-order valence-corrected chi connectivity index (χ0v) is 19.0. The molecule has 1 N–H and O–H groups in total. The van der Waals surface area contributed by atoms with E-state index in [4.69, 9.17) is 18.9 Å². The number of carbonyl (C=O) groups excluding carboxylic acids is 1. The van der Waals surface area contributed by atoms with Crippen LogP contribution in [-0.4, -0.2) is 34.3 Å². The summed E-state index contributed by atoms with van der Waals surface area (Å²) in [4.78, 5) is 15.3. The van der Waals surface area contributed by atoms with Crippen LogP contribution >= 0.6 is 0 Å². The molecule has 0 unspecified atom stereocenters. The number of amides is 1. The quantitative estimate of drug-likeness (QED) is 0.536. The molecule has 0 bridgehead atoms. The van der Waals surface area contributed by atoms with Crippen LogP contribution in [0.1, 0.15) is 11.6 Å². The lowest BCUT2D eigenvalue weighted by atomic mass is 10.1. The Labute approximate surface area is 193 Å². The number of nitrogens with zero attached hydrogens (tertiary/aromatic N) is 1. The number of methoxy groups -OCH3 is 4. The van der Waals surface area contributed by atoms with Crippen LogP contribution in [0.2, 0.25) is 0 Å². The van der Waals surface area contributed by atoms with E-state index in [2.05, 4.69) is 5.32 Å². The largest absolute Gasteiger partial charge is 0.497 e. The predicted octanol–water partition coefficient (Wildman–Crippen LogP) is 4.80. The average molecular weight is 447 g/mol. The van der Waals surface area contributed by atoms with Crippen molar-refractivity contribution in [3.8, 4) is 23.0 Å². The Morgan fingerprint density at radius 1 is 0.727 bits per heavy atom. The second-order valence-electron chi connectivity index (χ2n) is 7.37. The lowest BCUT2D eigenvalue weighted by Gasteiger charge is -2.26. The van der Waals surface area contributed by atoms with E-state index in [-0.39, 0.29) is 11.9 Å². The minimum absolute atomic E-state index is 0.143. The van der Waals surface area contributed by atoms with E-state index < -0.39 is 0 Å². The Balaban J connectivity index is 1.73. The third kappa shape index (κ3) is 4.43. The fourth-order valence-corrected chi connectivity index (χ4v) is 3.79. The summed E-state index contributed by atoms with van der Waals surface area (Å²) in [6.45, 7) is 0. The minimum atomic E-state index is -0.341. The maximum Gasteiger partial charge on any atom is 0.275 e. The van der Waals surface area contributed by atoms with Crippen LogP contribution in [0.3, 0.4) is 0 Å². The molecule has 170 valence electrons. The third-order valence-corrected chi connectivity index (χ3v) is 5.52. The molecule has 33 heavy (non-hydrogen) atoms. The highest BCUT2D eigenvalue weighted by Gasteiger charge is 2.35. The highest BCUT2D eigenvalue weighted by molar-refractivity contribution is 6.11. The molecule has 0 radical (unpaired) electrons. The second-order valence-corrected chi connectivity index (χ2v) is 7.37. The summed E-state index contributed by atoms with van der Waals surface area (Å²) in [7, 11) is 6.42. The van der Waals surface area contributed by atoms with Crippen molar-refractivity contribution in [1.82, 2.24) is 0 Å². The Morgan fingerprint density at radius 2 is 1.33 bits per heavy atom. The van der Waals surface area contributed by atoms with Crippen LogP contribution in [0, 0.1) is 0 Å². The van der Waals surface area contributed by atoms with Crippen LogP contribution < -0.4 is 29.2 Å². The number of carbonyl (C=O) groups is 1. The summed E-state index contributed by atoms with van der Waals surface area (Å²) in [6.07, 6.45) is 1.91. The molecule has 0 saturated carbocycles. The topological polar surface area (TPSA) is 69.3 Å². The van der Waals surface area contributed by atoms with Crippen LogP contribution in [-0.2, 0) is 4.79 Å².